The Morgan fingerprint density at radius 1 is 0.897 bits per heavy atom. The monoisotopic (exact) mass is 429 g/mol. The SMILES string of the molecule is O=C(O)c1ccc(CCCc2ccccc2NS(=O)(=O)c2ccc(Cl)cc2)cc1. The second-order valence-electron chi connectivity index (χ2n) is 6.57. The molecule has 0 radical (unpaired) electrons. The number of rotatable bonds is 8. The predicted molar refractivity (Wildman–Crippen MR) is 114 cm³/mol. The third-order valence-electron chi connectivity index (χ3n) is 4.50. The average molecular weight is 430 g/mol. The number of aryl methyl sites for hydroxylation is 2. The number of carboxylic acids is 1. The highest BCUT2D eigenvalue weighted by atomic mass is 35.5. The lowest BCUT2D eigenvalue weighted by molar-refractivity contribution is 0.0697. The third kappa shape index (κ3) is 5.59. The molecule has 0 atom stereocenters. The number of nitrogens with one attached hydrogen (secondary N) is 1. The van der Waals surface area contributed by atoms with Crippen molar-refractivity contribution >= 4 is 33.3 Å². The van der Waals surface area contributed by atoms with E-state index >= 15 is 0 Å². The normalized spacial score (nSPS) is 11.2. The van der Waals surface area contributed by atoms with Crippen molar-refractivity contribution in [1.82, 2.24) is 0 Å². The van der Waals surface area contributed by atoms with Gasteiger partial charge in [0.15, 0.2) is 0 Å². The molecule has 3 aromatic rings. The predicted octanol–water partition coefficient (Wildman–Crippen LogP) is 5.01. The van der Waals surface area contributed by atoms with Crippen molar-refractivity contribution in [3.05, 3.63) is 94.5 Å². The van der Waals surface area contributed by atoms with Crippen LogP contribution in [0.25, 0.3) is 0 Å². The Morgan fingerprint density at radius 3 is 2.21 bits per heavy atom. The van der Waals surface area contributed by atoms with E-state index in [1.54, 1.807) is 36.4 Å². The molecule has 0 amide bonds. The lowest BCUT2D eigenvalue weighted by atomic mass is 10.0. The fourth-order valence-electron chi connectivity index (χ4n) is 2.95. The second-order valence-corrected chi connectivity index (χ2v) is 8.69. The van der Waals surface area contributed by atoms with Crippen LogP contribution in [0.5, 0.6) is 0 Å². The molecule has 0 saturated carbocycles. The molecular formula is C22H20ClNO4S. The summed E-state index contributed by atoms with van der Waals surface area (Å²) in [7, 11) is -3.71. The van der Waals surface area contributed by atoms with Gasteiger partial charge in [0.05, 0.1) is 16.1 Å². The molecule has 0 bridgehead atoms. The molecule has 3 aromatic carbocycles. The van der Waals surface area contributed by atoms with E-state index in [-0.39, 0.29) is 10.5 Å². The Labute approximate surface area is 175 Å². The fourth-order valence-corrected chi connectivity index (χ4v) is 4.18. The molecule has 150 valence electrons. The largest absolute Gasteiger partial charge is 0.478 e. The van der Waals surface area contributed by atoms with Crippen molar-refractivity contribution in [3.8, 4) is 0 Å². The van der Waals surface area contributed by atoms with Gasteiger partial charge in [-0.05, 0) is 72.9 Å². The molecular weight excluding hydrogens is 410 g/mol. The van der Waals surface area contributed by atoms with E-state index in [0.717, 1.165) is 24.0 Å². The number of carbonyl (C=O) groups is 1. The lowest BCUT2D eigenvalue weighted by Crippen LogP contribution is -2.14. The van der Waals surface area contributed by atoms with Gasteiger partial charge in [-0.3, -0.25) is 4.72 Å². The number of sulfonamides is 1. The van der Waals surface area contributed by atoms with Crippen LogP contribution < -0.4 is 4.72 Å². The van der Waals surface area contributed by atoms with E-state index < -0.39 is 16.0 Å². The second kappa shape index (κ2) is 9.11. The molecule has 5 nitrogen and oxygen atoms in total. The van der Waals surface area contributed by atoms with Gasteiger partial charge in [0.1, 0.15) is 0 Å². The van der Waals surface area contributed by atoms with Gasteiger partial charge in [-0.1, -0.05) is 41.9 Å². The molecule has 2 N–H and O–H groups in total. The molecule has 0 aliphatic heterocycles. The van der Waals surface area contributed by atoms with Crippen molar-refractivity contribution < 1.29 is 18.3 Å². The summed E-state index contributed by atoms with van der Waals surface area (Å²) >= 11 is 5.83. The minimum Gasteiger partial charge on any atom is -0.478 e. The summed E-state index contributed by atoms with van der Waals surface area (Å²) in [5, 5.41) is 9.43. The van der Waals surface area contributed by atoms with Crippen LogP contribution in [0.3, 0.4) is 0 Å². The van der Waals surface area contributed by atoms with E-state index in [1.807, 2.05) is 12.1 Å². The molecule has 0 aliphatic carbocycles. The van der Waals surface area contributed by atoms with Gasteiger partial charge in [0.25, 0.3) is 10.0 Å². The highest BCUT2D eigenvalue weighted by Gasteiger charge is 2.15. The first-order valence-electron chi connectivity index (χ1n) is 9.04. The van der Waals surface area contributed by atoms with Crippen LogP contribution in [-0.4, -0.2) is 19.5 Å². The van der Waals surface area contributed by atoms with E-state index in [2.05, 4.69) is 4.72 Å². The summed E-state index contributed by atoms with van der Waals surface area (Å²) in [5.41, 5.74) is 2.74. The molecule has 0 aromatic heterocycles. The number of anilines is 1. The average Bonchev–Trinajstić information content (AvgIpc) is 2.70. The number of carboxylic acid groups (broad SMARTS) is 1. The van der Waals surface area contributed by atoms with E-state index in [4.69, 9.17) is 16.7 Å². The number of benzene rings is 3. The summed E-state index contributed by atoms with van der Waals surface area (Å²) in [6.07, 6.45) is 2.24. The van der Waals surface area contributed by atoms with Crippen molar-refractivity contribution in [3.63, 3.8) is 0 Å². The minimum atomic E-state index is -3.71. The molecule has 0 saturated heterocycles. The highest BCUT2D eigenvalue weighted by Crippen LogP contribution is 2.23. The van der Waals surface area contributed by atoms with Crippen LogP contribution in [0.4, 0.5) is 5.69 Å². The van der Waals surface area contributed by atoms with Gasteiger partial charge >= 0.3 is 5.97 Å². The van der Waals surface area contributed by atoms with Crippen LogP contribution in [0.15, 0.2) is 77.7 Å². The zero-order valence-electron chi connectivity index (χ0n) is 15.5. The van der Waals surface area contributed by atoms with Gasteiger partial charge < -0.3 is 5.11 Å². The molecule has 0 unspecified atom stereocenters. The summed E-state index contributed by atoms with van der Waals surface area (Å²) in [5.74, 6) is -0.946. The number of halogens is 1. The molecule has 3 rings (SSSR count). The molecule has 0 heterocycles. The Hall–Kier alpha value is -2.83. The molecule has 0 spiro atoms. The smallest absolute Gasteiger partial charge is 0.335 e. The third-order valence-corrected chi connectivity index (χ3v) is 6.13. The number of hydrogen-bond donors (Lipinski definition) is 2. The zero-order valence-corrected chi connectivity index (χ0v) is 17.1. The first-order valence-corrected chi connectivity index (χ1v) is 10.9. The Morgan fingerprint density at radius 2 is 1.55 bits per heavy atom. The maximum absolute atomic E-state index is 12.6. The maximum Gasteiger partial charge on any atom is 0.335 e. The van der Waals surface area contributed by atoms with Gasteiger partial charge in [-0.2, -0.15) is 0 Å². The van der Waals surface area contributed by atoms with E-state index in [1.165, 1.54) is 24.3 Å². The van der Waals surface area contributed by atoms with Crippen molar-refractivity contribution in [2.45, 2.75) is 24.2 Å². The van der Waals surface area contributed by atoms with Gasteiger partial charge in [-0.15, -0.1) is 0 Å². The van der Waals surface area contributed by atoms with Gasteiger partial charge in [0, 0.05) is 5.02 Å². The van der Waals surface area contributed by atoms with Crippen molar-refractivity contribution in [2.75, 3.05) is 4.72 Å². The van der Waals surface area contributed by atoms with Crippen LogP contribution >= 0.6 is 11.6 Å². The molecule has 29 heavy (non-hydrogen) atoms. The van der Waals surface area contributed by atoms with E-state index in [9.17, 15) is 13.2 Å². The van der Waals surface area contributed by atoms with Gasteiger partial charge in [-0.25, -0.2) is 13.2 Å². The fraction of sp³-hybridized carbons (Fsp3) is 0.136. The number of para-hydroxylation sites is 1. The van der Waals surface area contributed by atoms with Crippen molar-refractivity contribution in [1.29, 1.82) is 0 Å². The van der Waals surface area contributed by atoms with Crippen LogP contribution in [-0.2, 0) is 22.9 Å². The van der Waals surface area contributed by atoms with Crippen molar-refractivity contribution in [2.24, 2.45) is 0 Å². The minimum absolute atomic E-state index is 0.148. The Kier molecular flexibility index (Phi) is 6.56. The van der Waals surface area contributed by atoms with Gasteiger partial charge in [0.2, 0.25) is 0 Å². The Bertz CT molecular complexity index is 1090. The molecule has 7 heteroatoms. The topological polar surface area (TPSA) is 83.5 Å². The maximum atomic E-state index is 12.6. The Balaban J connectivity index is 1.67. The summed E-state index contributed by atoms with van der Waals surface area (Å²) in [6, 6.07) is 20.1. The molecule has 0 fully saturated rings. The standard InChI is InChI=1S/C22H20ClNO4S/c23-19-12-14-20(15-13-19)29(27,28)24-21-7-2-1-5-17(21)6-3-4-16-8-10-18(11-9-16)22(25)26/h1-2,5,7-15,24H,3-4,6H2,(H,25,26). The van der Waals surface area contributed by atoms with Crippen LogP contribution in [0.2, 0.25) is 5.02 Å². The van der Waals surface area contributed by atoms with E-state index in [0.29, 0.717) is 17.1 Å². The first-order chi connectivity index (χ1) is 13.8. The summed E-state index contributed by atoms with van der Waals surface area (Å²) < 4.78 is 27.9. The number of hydrogen-bond acceptors (Lipinski definition) is 3. The first kappa shape index (κ1) is 20.9. The van der Waals surface area contributed by atoms with Crippen LogP contribution in [0.1, 0.15) is 27.9 Å². The lowest BCUT2D eigenvalue weighted by Gasteiger charge is -2.13. The quantitative estimate of drug-likeness (QED) is 0.527. The number of aromatic carboxylic acids is 1. The summed E-state index contributed by atoms with van der Waals surface area (Å²) in [4.78, 5) is 11.1. The van der Waals surface area contributed by atoms with Crippen LogP contribution in [0, 0.1) is 0 Å². The summed E-state index contributed by atoms with van der Waals surface area (Å²) in [6.45, 7) is 0. The highest BCUT2D eigenvalue weighted by molar-refractivity contribution is 7.92. The molecule has 0 aliphatic rings. The zero-order chi connectivity index (χ0) is 20.9.